The van der Waals surface area contributed by atoms with Crippen LogP contribution in [0.25, 0.3) is 16.6 Å². The Morgan fingerprint density at radius 2 is 1.71 bits per heavy atom. The fourth-order valence-electron chi connectivity index (χ4n) is 4.36. The highest BCUT2D eigenvalue weighted by Gasteiger charge is 2.26. The monoisotopic (exact) mass is 493 g/mol. The number of halogens is 2. The minimum atomic E-state index is -0.524. The van der Waals surface area contributed by atoms with E-state index < -0.39 is 5.82 Å². The molecule has 0 saturated carbocycles. The zero-order chi connectivity index (χ0) is 24.7. The minimum Gasteiger partial charge on any atom is -0.350 e. The summed E-state index contributed by atoms with van der Waals surface area (Å²) in [5, 5.41) is 17.5. The number of nitrogens with zero attached hydrogens (tertiary/aromatic N) is 6. The van der Waals surface area contributed by atoms with E-state index in [4.69, 9.17) is 16.7 Å². The number of urea groups is 1. The number of carbonyl (C=O) groups excluding carboxylic acids is 1. The first kappa shape index (κ1) is 23.0. The van der Waals surface area contributed by atoms with Gasteiger partial charge in [-0.1, -0.05) is 29.3 Å². The van der Waals surface area contributed by atoms with E-state index in [1.54, 1.807) is 4.90 Å². The van der Waals surface area contributed by atoms with Crippen molar-refractivity contribution in [2.75, 3.05) is 36.4 Å². The summed E-state index contributed by atoms with van der Waals surface area (Å²) < 4.78 is 15.3. The lowest BCUT2D eigenvalue weighted by Gasteiger charge is -2.35. The summed E-state index contributed by atoms with van der Waals surface area (Å²) in [4.78, 5) is 16.5. The second-order valence-electron chi connectivity index (χ2n) is 8.70. The van der Waals surface area contributed by atoms with Crippen LogP contribution in [0.3, 0.4) is 0 Å². The Balaban J connectivity index is 1.35. The first-order chi connectivity index (χ1) is 16.8. The van der Waals surface area contributed by atoms with E-state index in [-0.39, 0.29) is 11.1 Å². The molecule has 1 saturated heterocycles. The van der Waals surface area contributed by atoms with Gasteiger partial charge in [-0.05, 0) is 51.1 Å². The summed E-state index contributed by atoms with van der Waals surface area (Å²) in [6.45, 7) is 8.20. The second kappa shape index (κ2) is 9.14. The normalized spacial score (nSPS) is 14.0. The number of aryl methyl sites for hydroxylation is 3. The van der Waals surface area contributed by atoms with E-state index in [0.717, 1.165) is 28.0 Å². The Labute approximate surface area is 207 Å². The quantitative estimate of drug-likeness (QED) is 0.439. The first-order valence-electron chi connectivity index (χ1n) is 11.4. The lowest BCUT2D eigenvalue weighted by molar-refractivity contribution is 0.208. The maximum atomic E-state index is 13.4. The van der Waals surface area contributed by atoms with Gasteiger partial charge in [0.1, 0.15) is 11.3 Å². The number of nitrogens with one attached hydrogen (secondary N) is 1. The zero-order valence-corrected chi connectivity index (χ0v) is 20.5. The number of hydrogen-bond donors (Lipinski definition) is 1. The van der Waals surface area contributed by atoms with Crippen LogP contribution in [-0.2, 0) is 0 Å². The molecule has 1 N–H and O–H groups in total. The average Bonchev–Trinajstić information content (AvgIpc) is 3.20. The van der Waals surface area contributed by atoms with Crippen LogP contribution in [0.1, 0.15) is 17.0 Å². The van der Waals surface area contributed by atoms with E-state index in [1.807, 2.05) is 18.5 Å². The van der Waals surface area contributed by atoms with Crippen LogP contribution in [-0.4, -0.2) is 57.1 Å². The first-order valence-corrected chi connectivity index (χ1v) is 11.7. The Kier molecular flexibility index (Phi) is 6.02. The van der Waals surface area contributed by atoms with Gasteiger partial charge in [0, 0.05) is 31.9 Å². The number of aromatic nitrogens is 4. The number of hydrogen-bond acceptors (Lipinski definition) is 5. The lowest BCUT2D eigenvalue weighted by atomic mass is 10.2. The van der Waals surface area contributed by atoms with Crippen LogP contribution in [0.2, 0.25) is 5.02 Å². The molecule has 0 atom stereocenters. The minimum absolute atomic E-state index is 0.0325. The highest BCUT2D eigenvalue weighted by molar-refractivity contribution is 6.31. The molecule has 0 spiro atoms. The molecular formula is C25H25ClFN7O. The topological polar surface area (TPSA) is 79.2 Å². The molecule has 0 radical (unpaired) electrons. The van der Waals surface area contributed by atoms with Gasteiger partial charge in [-0.2, -0.15) is 10.2 Å². The second-order valence-corrected chi connectivity index (χ2v) is 9.11. The maximum absolute atomic E-state index is 13.4. The number of amides is 2. The molecule has 0 aliphatic carbocycles. The van der Waals surface area contributed by atoms with E-state index >= 15 is 0 Å². The molecule has 3 heterocycles. The largest absolute Gasteiger partial charge is 0.350 e. The Morgan fingerprint density at radius 3 is 2.40 bits per heavy atom. The summed E-state index contributed by atoms with van der Waals surface area (Å²) in [7, 11) is 0. The molecule has 180 valence electrons. The van der Waals surface area contributed by atoms with Gasteiger partial charge >= 0.3 is 6.03 Å². The van der Waals surface area contributed by atoms with Gasteiger partial charge in [0.25, 0.3) is 0 Å². The van der Waals surface area contributed by atoms with Gasteiger partial charge in [-0.3, -0.25) is 0 Å². The molecule has 1 aliphatic heterocycles. The van der Waals surface area contributed by atoms with Gasteiger partial charge in [-0.25, -0.2) is 13.9 Å². The van der Waals surface area contributed by atoms with Crippen LogP contribution in [0.15, 0.2) is 42.5 Å². The molecule has 35 heavy (non-hydrogen) atoms. The molecule has 0 bridgehead atoms. The fraction of sp³-hybridized carbons (Fsp3) is 0.280. The van der Waals surface area contributed by atoms with Crippen molar-refractivity contribution in [1.29, 1.82) is 0 Å². The number of rotatable bonds is 3. The molecule has 5 rings (SSSR count). The van der Waals surface area contributed by atoms with Crippen molar-refractivity contribution < 1.29 is 9.18 Å². The number of piperazine rings is 1. The molecular weight excluding hydrogens is 469 g/mol. The third kappa shape index (κ3) is 4.39. The van der Waals surface area contributed by atoms with Crippen LogP contribution >= 0.6 is 11.6 Å². The molecule has 4 aromatic rings. The molecule has 2 aromatic carbocycles. The van der Waals surface area contributed by atoms with E-state index in [2.05, 4.69) is 51.6 Å². The highest BCUT2D eigenvalue weighted by Crippen LogP contribution is 2.30. The Bertz CT molecular complexity index is 1410. The van der Waals surface area contributed by atoms with Gasteiger partial charge in [0.05, 0.1) is 27.5 Å². The molecule has 0 unspecified atom stereocenters. The number of anilines is 2. The van der Waals surface area contributed by atoms with E-state index in [1.165, 1.54) is 23.8 Å². The van der Waals surface area contributed by atoms with Gasteiger partial charge in [0.15, 0.2) is 5.82 Å². The predicted octanol–water partition coefficient (Wildman–Crippen LogP) is 4.89. The van der Waals surface area contributed by atoms with Crippen molar-refractivity contribution in [2.45, 2.75) is 20.8 Å². The van der Waals surface area contributed by atoms with Crippen molar-refractivity contribution >= 4 is 40.0 Å². The third-order valence-electron chi connectivity index (χ3n) is 6.30. The van der Waals surface area contributed by atoms with Crippen molar-refractivity contribution in [3.63, 3.8) is 0 Å². The number of fused-ring (bicyclic) bond motifs is 1. The number of carbonyl (C=O) groups is 1. The van der Waals surface area contributed by atoms with Crippen LogP contribution in [0.5, 0.6) is 0 Å². The maximum Gasteiger partial charge on any atom is 0.321 e. The summed E-state index contributed by atoms with van der Waals surface area (Å²) >= 11 is 5.82. The lowest BCUT2D eigenvalue weighted by Crippen LogP contribution is -2.50. The molecule has 1 aliphatic rings. The molecule has 8 nitrogen and oxygen atoms in total. The Hall–Kier alpha value is -3.72. The van der Waals surface area contributed by atoms with Gasteiger partial charge in [0.2, 0.25) is 0 Å². The van der Waals surface area contributed by atoms with Gasteiger partial charge in [-0.15, -0.1) is 5.10 Å². The van der Waals surface area contributed by atoms with Crippen molar-refractivity contribution in [3.05, 3.63) is 70.3 Å². The third-order valence-corrected chi connectivity index (χ3v) is 6.59. The molecule has 2 aromatic heterocycles. The molecule has 1 fully saturated rings. The standard InChI is InChI=1S/C25H25ClFN7O/c1-15-4-7-19(8-5-15)34-17(3)22-16(2)29-30-24(23(22)31-34)32-10-12-33(13-11-32)25(35)28-18-6-9-21(27)20(26)14-18/h4-9,14H,10-13H2,1-3H3,(H,28,35). The van der Waals surface area contributed by atoms with Crippen molar-refractivity contribution in [3.8, 4) is 5.69 Å². The molecule has 2 amide bonds. The smallest absolute Gasteiger partial charge is 0.321 e. The van der Waals surface area contributed by atoms with Crippen molar-refractivity contribution in [2.24, 2.45) is 0 Å². The van der Waals surface area contributed by atoms with E-state index in [9.17, 15) is 9.18 Å². The SMILES string of the molecule is Cc1ccc(-n2nc3c(N4CCN(C(=O)Nc5ccc(F)c(Cl)c5)CC4)nnc(C)c3c2C)cc1. The highest BCUT2D eigenvalue weighted by atomic mass is 35.5. The molecule has 10 heteroatoms. The summed E-state index contributed by atoms with van der Waals surface area (Å²) in [5.74, 6) is 0.189. The van der Waals surface area contributed by atoms with Crippen LogP contribution in [0.4, 0.5) is 20.7 Å². The summed E-state index contributed by atoms with van der Waals surface area (Å²) in [6.07, 6.45) is 0. The van der Waals surface area contributed by atoms with E-state index in [0.29, 0.717) is 37.7 Å². The van der Waals surface area contributed by atoms with Crippen LogP contribution < -0.4 is 10.2 Å². The average molecular weight is 494 g/mol. The fourth-order valence-corrected chi connectivity index (χ4v) is 4.54. The predicted molar refractivity (Wildman–Crippen MR) is 135 cm³/mol. The zero-order valence-electron chi connectivity index (χ0n) is 19.7. The Morgan fingerprint density at radius 1 is 1.00 bits per heavy atom. The van der Waals surface area contributed by atoms with Crippen molar-refractivity contribution in [1.82, 2.24) is 24.9 Å². The number of benzene rings is 2. The summed E-state index contributed by atoms with van der Waals surface area (Å²) in [5.41, 5.74) is 5.26. The van der Waals surface area contributed by atoms with Crippen LogP contribution in [0, 0.1) is 26.6 Å². The van der Waals surface area contributed by atoms with Gasteiger partial charge < -0.3 is 15.1 Å². The summed E-state index contributed by atoms with van der Waals surface area (Å²) in [6, 6.07) is 12.1.